The van der Waals surface area contributed by atoms with Crippen LogP contribution in [0.2, 0.25) is 0 Å². The molecule has 0 radical (unpaired) electrons. The van der Waals surface area contributed by atoms with Crippen LogP contribution >= 0.6 is 0 Å². The van der Waals surface area contributed by atoms with E-state index in [0.29, 0.717) is 53.9 Å². The van der Waals surface area contributed by atoms with E-state index in [1.165, 1.54) is 0 Å². The van der Waals surface area contributed by atoms with Crippen LogP contribution in [0.15, 0.2) is 51.8 Å². The van der Waals surface area contributed by atoms with Crippen molar-refractivity contribution in [2.45, 2.75) is 45.6 Å². The van der Waals surface area contributed by atoms with Crippen molar-refractivity contribution in [3.63, 3.8) is 0 Å². The highest BCUT2D eigenvalue weighted by Crippen LogP contribution is 2.35. The van der Waals surface area contributed by atoms with Crippen LogP contribution in [0.5, 0.6) is 5.75 Å². The number of carbonyl (C=O) groups is 2. The monoisotopic (exact) mass is 503 g/mol. The molecule has 1 aliphatic rings. The summed E-state index contributed by atoms with van der Waals surface area (Å²) in [4.78, 5) is 41.3. The number of para-hydroxylation sites is 1. The molecule has 2 aromatic carbocycles. The van der Waals surface area contributed by atoms with E-state index in [2.05, 4.69) is 20.8 Å². The molecule has 0 saturated heterocycles. The summed E-state index contributed by atoms with van der Waals surface area (Å²) < 4.78 is 12.1. The third-order valence-corrected chi connectivity index (χ3v) is 6.97. The molecule has 0 unspecified atom stereocenters. The van der Waals surface area contributed by atoms with Crippen LogP contribution in [0.3, 0.4) is 0 Å². The number of rotatable bonds is 6. The molecule has 10 nitrogen and oxygen atoms in total. The van der Waals surface area contributed by atoms with E-state index in [-0.39, 0.29) is 29.3 Å². The molecule has 1 aliphatic carbocycles. The topological polar surface area (TPSA) is 131 Å². The van der Waals surface area contributed by atoms with Crippen LogP contribution < -0.4 is 21.1 Å². The molecule has 3 N–H and O–H groups in total. The van der Waals surface area contributed by atoms with Crippen molar-refractivity contribution in [3.8, 4) is 5.75 Å². The van der Waals surface area contributed by atoms with Gasteiger partial charge in [-0.1, -0.05) is 17.3 Å². The SMILES string of the molecule is COc1cc(NC(=O)[C@H]2CC[C@@H](n3c(=O)[nH]c4c(NC(=O)c5cc(C)on5)cccc43)CC2)ccc1C. The lowest BCUT2D eigenvalue weighted by Crippen LogP contribution is -2.31. The van der Waals surface area contributed by atoms with Gasteiger partial charge in [0.25, 0.3) is 5.91 Å². The smallest absolute Gasteiger partial charge is 0.326 e. The molecule has 2 heterocycles. The molecule has 2 amide bonds. The van der Waals surface area contributed by atoms with Crippen molar-refractivity contribution >= 4 is 34.2 Å². The van der Waals surface area contributed by atoms with Gasteiger partial charge in [0.1, 0.15) is 11.5 Å². The number of carbonyl (C=O) groups excluding carboxylic acids is 2. The zero-order valence-electron chi connectivity index (χ0n) is 21.0. The van der Waals surface area contributed by atoms with E-state index in [1.54, 1.807) is 36.8 Å². The van der Waals surface area contributed by atoms with E-state index < -0.39 is 5.91 Å². The van der Waals surface area contributed by atoms with Gasteiger partial charge in [-0.25, -0.2) is 4.79 Å². The number of aryl methyl sites for hydroxylation is 2. The summed E-state index contributed by atoms with van der Waals surface area (Å²) in [6.45, 7) is 3.66. The molecule has 0 atom stereocenters. The lowest BCUT2D eigenvalue weighted by molar-refractivity contribution is -0.121. The minimum atomic E-state index is -0.421. The summed E-state index contributed by atoms with van der Waals surface area (Å²) in [5, 5.41) is 9.55. The van der Waals surface area contributed by atoms with E-state index in [4.69, 9.17) is 9.26 Å². The van der Waals surface area contributed by atoms with Crippen LogP contribution in [0.1, 0.15) is 53.5 Å². The first-order chi connectivity index (χ1) is 17.8. The van der Waals surface area contributed by atoms with Gasteiger partial charge in [-0.2, -0.15) is 0 Å². The number of benzene rings is 2. The largest absolute Gasteiger partial charge is 0.496 e. The van der Waals surface area contributed by atoms with Crippen molar-refractivity contribution in [2.24, 2.45) is 5.92 Å². The second-order valence-corrected chi connectivity index (χ2v) is 9.46. The summed E-state index contributed by atoms with van der Waals surface area (Å²) in [7, 11) is 1.61. The average Bonchev–Trinajstić information content (AvgIpc) is 3.48. The van der Waals surface area contributed by atoms with Gasteiger partial charge in [0.05, 0.1) is 23.8 Å². The van der Waals surface area contributed by atoms with Gasteiger partial charge in [-0.3, -0.25) is 14.2 Å². The molecule has 192 valence electrons. The second kappa shape index (κ2) is 9.96. The number of aromatic amines is 1. The fraction of sp³-hybridized carbons (Fsp3) is 0.333. The van der Waals surface area contributed by atoms with Gasteiger partial charge < -0.3 is 24.9 Å². The maximum absolute atomic E-state index is 13.0. The van der Waals surface area contributed by atoms with Crippen molar-refractivity contribution in [2.75, 3.05) is 17.7 Å². The highest BCUT2D eigenvalue weighted by molar-refractivity contribution is 6.07. The van der Waals surface area contributed by atoms with Crippen LogP contribution in [-0.2, 0) is 4.79 Å². The summed E-state index contributed by atoms with van der Waals surface area (Å²) >= 11 is 0. The summed E-state index contributed by atoms with van der Waals surface area (Å²) in [6.07, 6.45) is 2.72. The predicted octanol–water partition coefficient (Wildman–Crippen LogP) is 4.57. The standard InChI is InChI=1S/C27H29N5O5/c1-15-7-10-18(14-23(15)36-3)28-25(33)17-8-11-19(12-9-17)32-22-6-4-5-20(24(22)30-27(32)35)29-26(34)21-13-16(2)37-31-21/h4-7,10,13-14,17,19H,8-9,11-12H2,1-3H3,(H,28,33)(H,29,34)(H,30,35)/t17-,19+. The first kappa shape index (κ1) is 24.4. The summed E-state index contributed by atoms with van der Waals surface area (Å²) in [6, 6.07) is 12.5. The highest BCUT2D eigenvalue weighted by atomic mass is 16.5. The van der Waals surface area contributed by atoms with Crippen molar-refractivity contribution in [1.29, 1.82) is 0 Å². The zero-order chi connectivity index (χ0) is 26.1. The fourth-order valence-electron chi connectivity index (χ4n) is 5.01. The van der Waals surface area contributed by atoms with Crippen LogP contribution in [0.25, 0.3) is 11.0 Å². The Kier molecular flexibility index (Phi) is 6.56. The Labute approximate surface area is 213 Å². The molecule has 10 heteroatoms. The highest BCUT2D eigenvalue weighted by Gasteiger charge is 2.29. The fourth-order valence-corrected chi connectivity index (χ4v) is 5.01. The van der Waals surface area contributed by atoms with E-state index in [1.807, 2.05) is 31.2 Å². The number of fused-ring (bicyclic) bond motifs is 1. The lowest BCUT2D eigenvalue weighted by atomic mass is 9.85. The number of aromatic nitrogens is 3. The molecule has 4 aromatic rings. The van der Waals surface area contributed by atoms with Crippen LogP contribution in [0.4, 0.5) is 11.4 Å². The number of anilines is 2. The molecule has 2 aromatic heterocycles. The predicted molar refractivity (Wildman–Crippen MR) is 139 cm³/mol. The molecular formula is C27H29N5O5. The average molecular weight is 504 g/mol. The Morgan fingerprint density at radius 1 is 1.08 bits per heavy atom. The quantitative estimate of drug-likeness (QED) is 0.353. The Balaban J connectivity index is 1.28. The van der Waals surface area contributed by atoms with Gasteiger partial charge in [-0.15, -0.1) is 0 Å². The third kappa shape index (κ3) is 4.87. The number of hydrogen-bond acceptors (Lipinski definition) is 6. The number of nitrogens with one attached hydrogen (secondary N) is 3. The van der Waals surface area contributed by atoms with Gasteiger partial charge in [0.15, 0.2) is 5.69 Å². The van der Waals surface area contributed by atoms with Gasteiger partial charge in [0, 0.05) is 29.8 Å². The molecule has 5 rings (SSSR count). The minimum Gasteiger partial charge on any atom is -0.496 e. The Morgan fingerprint density at radius 2 is 1.86 bits per heavy atom. The lowest BCUT2D eigenvalue weighted by Gasteiger charge is -2.28. The third-order valence-electron chi connectivity index (χ3n) is 6.97. The molecule has 0 aliphatic heterocycles. The first-order valence-corrected chi connectivity index (χ1v) is 12.3. The van der Waals surface area contributed by atoms with Crippen molar-refractivity contribution in [3.05, 3.63) is 70.0 Å². The summed E-state index contributed by atoms with van der Waals surface area (Å²) in [5.74, 6) is 0.683. The molecule has 1 saturated carbocycles. The van der Waals surface area contributed by atoms with E-state index in [0.717, 1.165) is 11.3 Å². The maximum atomic E-state index is 13.0. The first-order valence-electron chi connectivity index (χ1n) is 12.3. The van der Waals surface area contributed by atoms with E-state index in [9.17, 15) is 14.4 Å². The van der Waals surface area contributed by atoms with Gasteiger partial charge >= 0.3 is 5.69 Å². The number of ether oxygens (including phenoxy) is 1. The molecule has 1 fully saturated rings. The second-order valence-electron chi connectivity index (χ2n) is 9.46. The molecule has 0 bridgehead atoms. The summed E-state index contributed by atoms with van der Waals surface area (Å²) in [5.41, 5.74) is 3.37. The molecule has 37 heavy (non-hydrogen) atoms. The zero-order valence-corrected chi connectivity index (χ0v) is 21.0. The van der Waals surface area contributed by atoms with Crippen LogP contribution in [0, 0.1) is 19.8 Å². The Hall–Kier alpha value is -4.34. The van der Waals surface area contributed by atoms with Gasteiger partial charge in [0.2, 0.25) is 5.91 Å². The normalized spacial score (nSPS) is 17.5. The van der Waals surface area contributed by atoms with Crippen molar-refractivity contribution in [1.82, 2.24) is 14.7 Å². The van der Waals surface area contributed by atoms with E-state index >= 15 is 0 Å². The number of amides is 2. The minimum absolute atomic E-state index is 0.0243. The Morgan fingerprint density at radius 3 is 2.57 bits per heavy atom. The van der Waals surface area contributed by atoms with Gasteiger partial charge in [-0.05, 0) is 63.3 Å². The number of nitrogens with zero attached hydrogens (tertiary/aromatic N) is 2. The molecule has 0 spiro atoms. The number of H-pyrrole nitrogens is 1. The number of hydrogen-bond donors (Lipinski definition) is 3. The van der Waals surface area contributed by atoms with Crippen LogP contribution in [-0.4, -0.2) is 33.6 Å². The Bertz CT molecular complexity index is 1520. The number of imidazole rings is 1. The van der Waals surface area contributed by atoms with Crippen molar-refractivity contribution < 1.29 is 18.8 Å². The number of methoxy groups -OCH3 is 1. The maximum Gasteiger partial charge on any atom is 0.326 e. The molecular weight excluding hydrogens is 474 g/mol.